The minimum absolute atomic E-state index is 0.143. The topological polar surface area (TPSA) is 88.6 Å². The number of carbonyl (C=O) groups is 2. The van der Waals surface area contributed by atoms with Crippen LogP contribution in [0.2, 0.25) is 0 Å². The van der Waals surface area contributed by atoms with E-state index in [1.165, 1.54) is 11.3 Å². The summed E-state index contributed by atoms with van der Waals surface area (Å²) in [6, 6.07) is 2.90. The summed E-state index contributed by atoms with van der Waals surface area (Å²) in [5.74, 6) is 0.159. The fourth-order valence-electron chi connectivity index (χ4n) is 2.12. The van der Waals surface area contributed by atoms with Crippen LogP contribution in [0.15, 0.2) is 40.6 Å². The second-order valence-electron chi connectivity index (χ2n) is 5.09. The Labute approximate surface area is 136 Å². The van der Waals surface area contributed by atoms with Gasteiger partial charge in [-0.1, -0.05) is 0 Å². The van der Waals surface area contributed by atoms with E-state index in [1.54, 1.807) is 25.3 Å². The molecule has 3 aromatic heterocycles. The molecule has 23 heavy (non-hydrogen) atoms. The van der Waals surface area contributed by atoms with Crippen LogP contribution in [0.25, 0.3) is 4.96 Å². The van der Waals surface area contributed by atoms with E-state index in [0.29, 0.717) is 18.0 Å². The second-order valence-corrected chi connectivity index (χ2v) is 5.96. The summed E-state index contributed by atoms with van der Waals surface area (Å²) >= 11 is 1.51. The van der Waals surface area contributed by atoms with Crippen LogP contribution in [-0.4, -0.2) is 27.2 Å². The minimum atomic E-state index is -0.624. The molecule has 2 N–H and O–H groups in total. The molecule has 0 radical (unpaired) electrons. The van der Waals surface area contributed by atoms with Gasteiger partial charge in [0, 0.05) is 17.8 Å². The highest BCUT2D eigenvalue weighted by atomic mass is 32.1. The third-order valence-corrected chi connectivity index (χ3v) is 4.04. The summed E-state index contributed by atoms with van der Waals surface area (Å²) in [6.07, 6.45) is 5.39. The largest absolute Gasteiger partial charge is 0.467 e. The Bertz CT molecular complexity index is 777. The molecule has 0 aliphatic carbocycles. The number of fused-ring (bicyclic) bond motifs is 1. The molecular formula is C15H16N4O3S. The lowest BCUT2D eigenvalue weighted by atomic mass is 10.2. The van der Waals surface area contributed by atoms with Gasteiger partial charge >= 0.3 is 0 Å². The van der Waals surface area contributed by atoms with E-state index in [9.17, 15) is 9.59 Å². The van der Waals surface area contributed by atoms with E-state index in [2.05, 4.69) is 15.6 Å². The summed E-state index contributed by atoms with van der Waals surface area (Å²) in [7, 11) is 0. The first-order valence-corrected chi connectivity index (χ1v) is 8.00. The van der Waals surface area contributed by atoms with Crippen molar-refractivity contribution in [2.24, 2.45) is 0 Å². The number of aromatic nitrogens is 2. The number of imidazole rings is 1. The van der Waals surface area contributed by atoms with Gasteiger partial charge in [-0.3, -0.25) is 14.0 Å². The maximum Gasteiger partial charge on any atom is 0.242 e. The predicted molar refractivity (Wildman–Crippen MR) is 84.9 cm³/mol. The Morgan fingerprint density at radius 2 is 2.35 bits per heavy atom. The quantitative estimate of drug-likeness (QED) is 0.713. The summed E-state index contributed by atoms with van der Waals surface area (Å²) in [6.45, 7) is 1.94. The number of hydrogen-bond acceptors (Lipinski definition) is 5. The maximum absolute atomic E-state index is 12.0. The van der Waals surface area contributed by atoms with E-state index in [0.717, 1.165) is 4.96 Å². The Morgan fingerprint density at radius 1 is 1.48 bits per heavy atom. The van der Waals surface area contributed by atoms with Gasteiger partial charge in [0.2, 0.25) is 11.8 Å². The zero-order valence-electron chi connectivity index (χ0n) is 12.5. The Morgan fingerprint density at radius 3 is 3.09 bits per heavy atom. The first kappa shape index (κ1) is 15.3. The highest BCUT2D eigenvalue weighted by molar-refractivity contribution is 7.15. The van der Waals surface area contributed by atoms with Crippen molar-refractivity contribution in [3.8, 4) is 0 Å². The van der Waals surface area contributed by atoms with Crippen molar-refractivity contribution in [3.05, 3.63) is 47.6 Å². The van der Waals surface area contributed by atoms with Crippen molar-refractivity contribution in [2.75, 3.05) is 0 Å². The van der Waals surface area contributed by atoms with Crippen LogP contribution < -0.4 is 10.6 Å². The van der Waals surface area contributed by atoms with Crippen LogP contribution in [0.1, 0.15) is 18.4 Å². The van der Waals surface area contributed by atoms with Gasteiger partial charge in [0.1, 0.15) is 11.8 Å². The Hall–Kier alpha value is -2.61. The van der Waals surface area contributed by atoms with Crippen molar-refractivity contribution in [3.63, 3.8) is 0 Å². The molecule has 3 rings (SSSR count). The number of rotatable bonds is 6. The van der Waals surface area contributed by atoms with Crippen LogP contribution in [0.5, 0.6) is 0 Å². The third kappa shape index (κ3) is 3.78. The van der Waals surface area contributed by atoms with Crippen LogP contribution >= 0.6 is 11.3 Å². The van der Waals surface area contributed by atoms with Crippen molar-refractivity contribution in [2.45, 2.75) is 25.9 Å². The van der Waals surface area contributed by atoms with Gasteiger partial charge in [-0.25, -0.2) is 4.98 Å². The standard InChI is InChI=1S/C15H16N4O3S/c1-10(14(21)16-8-12-3-2-5-22-12)17-13(20)7-11-9-19-4-6-23-15(19)18-11/h2-6,9-10H,7-8H2,1H3,(H,16,21)(H,17,20)/t10-/m1/s1. The van der Waals surface area contributed by atoms with Crippen molar-refractivity contribution in [1.82, 2.24) is 20.0 Å². The first-order valence-electron chi connectivity index (χ1n) is 7.12. The van der Waals surface area contributed by atoms with E-state index < -0.39 is 6.04 Å². The molecule has 0 bridgehead atoms. The molecule has 0 aliphatic heterocycles. The van der Waals surface area contributed by atoms with Gasteiger partial charge in [-0.2, -0.15) is 0 Å². The zero-order valence-corrected chi connectivity index (χ0v) is 13.3. The normalized spacial score (nSPS) is 12.2. The lowest BCUT2D eigenvalue weighted by Crippen LogP contribution is -2.45. The Kier molecular flexibility index (Phi) is 4.42. The molecule has 0 spiro atoms. The number of amides is 2. The van der Waals surface area contributed by atoms with Crippen LogP contribution in [0.3, 0.4) is 0 Å². The molecule has 0 saturated carbocycles. The molecule has 0 aromatic carbocycles. The molecule has 0 unspecified atom stereocenters. The van der Waals surface area contributed by atoms with E-state index >= 15 is 0 Å². The fourth-order valence-corrected chi connectivity index (χ4v) is 2.84. The number of thiazole rings is 1. The summed E-state index contributed by atoms with van der Waals surface area (Å²) in [5.41, 5.74) is 0.678. The highest BCUT2D eigenvalue weighted by Crippen LogP contribution is 2.11. The van der Waals surface area contributed by atoms with Crippen LogP contribution in [0.4, 0.5) is 0 Å². The van der Waals surface area contributed by atoms with Crippen LogP contribution in [-0.2, 0) is 22.6 Å². The summed E-state index contributed by atoms with van der Waals surface area (Å²) < 4.78 is 7.00. The molecule has 0 fully saturated rings. The zero-order chi connectivity index (χ0) is 16.2. The first-order chi connectivity index (χ1) is 11.1. The molecule has 3 aromatic rings. The van der Waals surface area contributed by atoms with E-state index in [-0.39, 0.29) is 18.2 Å². The molecule has 0 aliphatic rings. The highest BCUT2D eigenvalue weighted by Gasteiger charge is 2.16. The average Bonchev–Trinajstić information content (AvgIpc) is 3.20. The molecule has 2 amide bonds. The second kappa shape index (κ2) is 6.66. The van der Waals surface area contributed by atoms with E-state index in [1.807, 2.05) is 22.2 Å². The van der Waals surface area contributed by atoms with Gasteiger partial charge in [0.15, 0.2) is 4.96 Å². The van der Waals surface area contributed by atoms with Gasteiger partial charge in [0.25, 0.3) is 0 Å². The van der Waals surface area contributed by atoms with Crippen LogP contribution in [0, 0.1) is 0 Å². The monoisotopic (exact) mass is 332 g/mol. The number of hydrogen-bond donors (Lipinski definition) is 2. The minimum Gasteiger partial charge on any atom is -0.467 e. The van der Waals surface area contributed by atoms with Crippen molar-refractivity contribution >= 4 is 28.1 Å². The molecule has 1 atom stereocenters. The SMILES string of the molecule is C[C@@H](NC(=O)Cc1cn2ccsc2n1)C(=O)NCc1ccco1. The van der Waals surface area contributed by atoms with Gasteiger partial charge < -0.3 is 15.1 Å². The molecular weight excluding hydrogens is 316 g/mol. The Balaban J connectivity index is 1.48. The van der Waals surface area contributed by atoms with E-state index in [4.69, 9.17) is 4.42 Å². The molecule has 120 valence electrons. The lowest BCUT2D eigenvalue weighted by Gasteiger charge is -2.13. The van der Waals surface area contributed by atoms with Gasteiger partial charge in [0.05, 0.1) is 24.9 Å². The smallest absolute Gasteiger partial charge is 0.242 e. The molecule has 0 saturated heterocycles. The van der Waals surface area contributed by atoms with Crippen molar-refractivity contribution < 1.29 is 14.0 Å². The molecule has 7 nitrogen and oxygen atoms in total. The number of furan rings is 1. The molecule has 8 heteroatoms. The third-order valence-electron chi connectivity index (χ3n) is 3.27. The van der Waals surface area contributed by atoms with Gasteiger partial charge in [-0.15, -0.1) is 11.3 Å². The lowest BCUT2D eigenvalue weighted by molar-refractivity contribution is -0.128. The van der Waals surface area contributed by atoms with Gasteiger partial charge in [-0.05, 0) is 19.1 Å². The number of nitrogens with one attached hydrogen (secondary N) is 2. The molecule has 3 heterocycles. The maximum atomic E-state index is 12.0. The van der Waals surface area contributed by atoms with Crippen molar-refractivity contribution in [1.29, 1.82) is 0 Å². The fraction of sp³-hybridized carbons (Fsp3) is 0.267. The number of carbonyl (C=O) groups excluding carboxylic acids is 2. The predicted octanol–water partition coefficient (Wildman–Crippen LogP) is 1.35. The summed E-state index contributed by atoms with van der Waals surface area (Å²) in [4.78, 5) is 29.1. The summed E-state index contributed by atoms with van der Waals surface area (Å²) in [5, 5.41) is 7.30. The average molecular weight is 332 g/mol. The number of nitrogens with zero attached hydrogens (tertiary/aromatic N) is 2.